The topological polar surface area (TPSA) is 91.0 Å². The number of halogens is 1. The molecule has 7 nitrogen and oxygen atoms in total. The molecule has 1 heterocycles. The van der Waals surface area contributed by atoms with E-state index in [9.17, 15) is 9.18 Å². The lowest BCUT2D eigenvalue weighted by atomic mass is 10.2. The normalized spacial score (nSPS) is 12.9. The zero-order chi connectivity index (χ0) is 20.9. The zero-order valence-corrected chi connectivity index (χ0v) is 17.1. The molecule has 30 heavy (non-hydrogen) atoms. The number of amides is 1. The Bertz CT molecular complexity index is 1060. The van der Waals surface area contributed by atoms with Gasteiger partial charge in [0.05, 0.1) is 17.6 Å². The Morgan fingerprint density at radius 3 is 2.67 bits per heavy atom. The van der Waals surface area contributed by atoms with E-state index < -0.39 is 5.82 Å². The molecule has 0 saturated heterocycles. The van der Waals surface area contributed by atoms with E-state index >= 15 is 0 Å². The number of carbonyl (C=O) groups is 1. The van der Waals surface area contributed by atoms with Gasteiger partial charge in [0.2, 0.25) is 5.95 Å². The minimum Gasteiger partial charge on any atom is -0.349 e. The summed E-state index contributed by atoms with van der Waals surface area (Å²) in [7, 11) is 0. The summed E-state index contributed by atoms with van der Waals surface area (Å²) < 4.78 is 17.5. The molecule has 1 aliphatic carbocycles. The van der Waals surface area contributed by atoms with Crippen LogP contribution in [0.1, 0.15) is 23.2 Å². The van der Waals surface area contributed by atoms with Gasteiger partial charge < -0.3 is 20.7 Å². The van der Waals surface area contributed by atoms with Crippen molar-refractivity contribution in [2.75, 3.05) is 21.6 Å². The molecule has 1 aliphatic rings. The maximum absolute atomic E-state index is 14.3. The molecule has 3 aromatic rings. The van der Waals surface area contributed by atoms with Crippen LogP contribution >= 0.6 is 11.9 Å². The lowest BCUT2D eigenvalue weighted by molar-refractivity contribution is 0.0951. The van der Waals surface area contributed by atoms with Gasteiger partial charge in [-0.25, -0.2) is 9.37 Å². The summed E-state index contributed by atoms with van der Waals surface area (Å²) in [4.78, 5) is 20.5. The lowest BCUT2D eigenvalue weighted by Crippen LogP contribution is -2.25. The van der Waals surface area contributed by atoms with Crippen molar-refractivity contribution >= 4 is 46.7 Å². The van der Waals surface area contributed by atoms with Gasteiger partial charge in [0.25, 0.3) is 5.91 Å². The molecule has 1 saturated carbocycles. The quantitative estimate of drug-likeness (QED) is 0.390. The SMILES string of the molecule is CSNc1ccccc1Nc1nc(Nc2cccc(C(=O)NC3CC3)c2)ncc1F. The molecule has 0 aliphatic heterocycles. The number of aromatic nitrogens is 2. The van der Waals surface area contributed by atoms with E-state index in [4.69, 9.17) is 0 Å². The van der Waals surface area contributed by atoms with Gasteiger partial charge in [-0.1, -0.05) is 30.1 Å². The number of para-hydroxylation sites is 2. The molecule has 1 amide bonds. The highest BCUT2D eigenvalue weighted by Gasteiger charge is 2.23. The van der Waals surface area contributed by atoms with Crippen LogP contribution in [0.3, 0.4) is 0 Å². The zero-order valence-electron chi connectivity index (χ0n) is 16.3. The molecule has 1 fully saturated rings. The number of nitrogens with one attached hydrogen (secondary N) is 4. The Kier molecular flexibility index (Phi) is 5.99. The van der Waals surface area contributed by atoms with Crippen molar-refractivity contribution < 1.29 is 9.18 Å². The summed E-state index contributed by atoms with van der Waals surface area (Å²) >= 11 is 1.44. The van der Waals surface area contributed by atoms with E-state index in [0.29, 0.717) is 16.9 Å². The van der Waals surface area contributed by atoms with E-state index in [1.165, 1.54) is 11.9 Å². The van der Waals surface area contributed by atoms with Crippen LogP contribution < -0.4 is 20.7 Å². The second-order valence-corrected chi connectivity index (χ2v) is 7.43. The molecule has 4 rings (SSSR count). The second kappa shape index (κ2) is 9.00. The summed E-state index contributed by atoms with van der Waals surface area (Å²) in [5, 5.41) is 8.99. The van der Waals surface area contributed by atoms with Crippen molar-refractivity contribution in [3.05, 3.63) is 66.1 Å². The Balaban J connectivity index is 1.52. The number of rotatable bonds is 8. The van der Waals surface area contributed by atoms with Crippen molar-refractivity contribution in [1.29, 1.82) is 0 Å². The Hall–Kier alpha value is -3.33. The largest absolute Gasteiger partial charge is 0.349 e. The second-order valence-electron chi connectivity index (χ2n) is 6.82. The number of nitrogens with zero attached hydrogens (tertiary/aromatic N) is 2. The van der Waals surface area contributed by atoms with E-state index in [-0.39, 0.29) is 23.7 Å². The number of hydrogen-bond donors (Lipinski definition) is 4. The van der Waals surface area contributed by atoms with Crippen LogP contribution in [-0.2, 0) is 0 Å². The van der Waals surface area contributed by atoms with E-state index in [2.05, 4.69) is 30.6 Å². The van der Waals surface area contributed by atoms with Crippen molar-refractivity contribution in [2.45, 2.75) is 18.9 Å². The smallest absolute Gasteiger partial charge is 0.251 e. The van der Waals surface area contributed by atoms with Gasteiger partial charge in [-0.2, -0.15) is 4.98 Å². The minimum absolute atomic E-state index is 0.0467. The Labute approximate surface area is 178 Å². The lowest BCUT2D eigenvalue weighted by Gasteiger charge is -2.13. The van der Waals surface area contributed by atoms with Crippen molar-refractivity contribution in [3.8, 4) is 0 Å². The van der Waals surface area contributed by atoms with Crippen LogP contribution in [0.15, 0.2) is 54.7 Å². The van der Waals surface area contributed by atoms with Gasteiger partial charge in [0, 0.05) is 23.5 Å². The third-order valence-corrected chi connectivity index (χ3v) is 4.85. The number of anilines is 5. The molecule has 2 aromatic carbocycles. The molecular formula is C21H21FN6OS. The first-order valence-corrected chi connectivity index (χ1v) is 10.7. The standard InChI is InChI=1S/C21H21FN6OS/c1-30-28-18-8-3-2-7-17(18)26-19-16(22)12-23-21(27-19)25-15-6-4-5-13(11-15)20(29)24-14-9-10-14/h2-8,11-12,14,28H,9-10H2,1H3,(H,24,29)(H2,23,25,26,27). The van der Waals surface area contributed by atoms with Gasteiger partial charge in [-0.3, -0.25) is 4.79 Å². The maximum atomic E-state index is 14.3. The van der Waals surface area contributed by atoms with Gasteiger partial charge in [-0.05, 0) is 43.2 Å². The molecule has 4 N–H and O–H groups in total. The van der Waals surface area contributed by atoms with Crippen LogP contribution in [0, 0.1) is 5.82 Å². The van der Waals surface area contributed by atoms with Gasteiger partial charge in [0.15, 0.2) is 11.6 Å². The molecule has 0 unspecified atom stereocenters. The summed E-state index contributed by atoms with van der Waals surface area (Å²) in [5.74, 6) is -0.419. The van der Waals surface area contributed by atoms with E-state index in [1.54, 1.807) is 24.3 Å². The first-order chi connectivity index (χ1) is 14.6. The van der Waals surface area contributed by atoms with Crippen LogP contribution in [0.4, 0.5) is 33.2 Å². The number of hydrogen-bond acceptors (Lipinski definition) is 7. The molecular weight excluding hydrogens is 403 g/mol. The molecule has 154 valence electrons. The minimum atomic E-state index is -0.572. The molecule has 0 spiro atoms. The highest BCUT2D eigenvalue weighted by atomic mass is 32.2. The van der Waals surface area contributed by atoms with Crippen molar-refractivity contribution in [1.82, 2.24) is 15.3 Å². The summed E-state index contributed by atoms with van der Waals surface area (Å²) in [6.07, 6.45) is 5.06. The third kappa shape index (κ3) is 4.98. The average molecular weight is 425 g/mol. The van der Waals surface area contributed by atoms with Crippen molar-refractivity contribution in [2.24, 2.45) is 0 Å². The molecule has 0 bridgehead atoms. The highest BCUT2D eigenvalue weighted by Crippen LogP contribution is 2.28. The fourth-order valence-corrected chi connectivity index (χ4v) is 3.20. The monoisotopic (exact) mass is 424 g/mol. The van der Waals surface area contributed by atoms with Crippen LogP contribution in [0.25, 0.3) is 0 Å². The van der Waals surface area contributed by atoms with E-state index in [0.717, 1.165) is 24.7 Å². The first-order valence-electron chi connectivity index (χ1n) is 9.48. The molecule has 0 atom stereocenters. The van der Waals surface area contributed by atoms with Crippen LogP contribution in [-0.4, -0.2) is 28.2 Å². The van der Waals surface area contributed by atoms with Gasteiger partial charge >= 0.3 is 0 Å². The number of benzene rings is 2. The fourth-order valence-electron chi connectivity index (χ4n) is 2.80. The molecule has 9 heteroatoms. The fraction of sp³-hybridized carbons (Fsp3) is 0.190. The third-order valence-electron chi connectivity index (χ3n) is 4.43. The first kappa shape index (κ1) is 20.0. The Morgan fingerprint density at radius 1 is 1.10 bits per heavy atom. The van der Waals surface area contributed by atoms with Gasteiger partial charge in [0.1, 0.15) is 0 Å². The Morgan fingerprint density at radius 2 is 1.90 bits per heavy atom. The predicted molar refractivity (Wildman–Crippen MR) is 119 cm³/mol. The average Bonchev–Trinajstić information content (AvgIpc) is 3.56. The van der Waals surface area contributed by atoms with Crippen LogP contribution in [0.5, 0.6) is 0 Å². The van der Waals surface area contributed by atoms with Crippen molar-refractivity contribution in [3.63, 3.8) is 0 Å². The highest BCUT2D eigenvalue weighted by molar-refractivity contribution is 7.99. The molecule has 0 radical (unpaired) electrons. The van der Waals surface area contributed by atoms with Crippen LogP contribution in [0.2, 0.25) is 0 Å². The predicted octanol–water partition coefficient (Wildman–Crippen LogP) is 4.69. The summed E-state index contributed by atoms with van der Waals surface area (Å²) in [5.41, 5.74) is 2.69. The number of carbonyl (C=O) groups excluding carboxylic acids is 1. The summed E-state index contributed by atoms with van der Waals surface area (Å²) in [6, 6.07) is 14.8. The summed E-state index contributed by atoms with van der Waals surface area (Å²) in [6.45, 7) is 0. The maximum Gasteiger partial charge on any atom is 0.251 e. The van der Waals surface area contributed by atoms with E-state index in [1.807, 2.05) is 30.5 Å². The van der Waals surface area contributed by atoms with Gasteiger partial charge in [-0.15, -0.1) is 0 Å². The molecule has 1 aromatic heterocycles.